The highest BCUT2D eigenvalue weighted by Gasteiger charge is 2.22. The molecule has 0 aliphatic carbocycles. The van der Waals surface area contributed by atoms with Crippen LogP contribution in [-0.4, -0.2) is 37.7 Å². The van der Waals surface area contributed by atoms with Crippen molar-refractivity contribution in [3.63, 3.8) is 0 Å². The van der Waals surface area contributed by atoms with Gasteiger partial charge in [0, 0.05) is 11.8 Å². The molecule has 0 fully saturated rings. The third kappa shape index (κ3) is 4.84. The number of carbonyl (C=O) groups is 2. The molecule has 0 saturated heterocycles. The van der Waals surface area contributed by atoms with Crippen molar-refractivity contribution >= 4 is 21.7 Å². The van der Waals surface area contributed by atoms with Crippen molar-refractivity contribution in [2.24, 2.45) is 0 Å². The summed E-state index contributed by atoms with van der Waals surface area (Å²) in [5.41, 5.74) is 0.759. The van der Waals surface area contributed by atoms with Crippen molar-refractivity contribution in [1.29, 1.82) is 0 Å². The van der Waals surface area contributed by atoms with Crippen LogP contribution in [0.2, 0.25) is 0 Å². The third-order valence-corrected chi connectivity index (χ3v) is 4.44. The summed E-state index contributed by atoms with van der Waals surface area (Å²) in [7, 11) is -3.43. The highest BCUT2D eigenvalue weighted by Crippen LogP contribution is 2.16. The number of aliphatic carboxylic acids is 1. The molecule has 0 unspecified atom stereocenters. The summed E-state index contributed by atoms with van der Waals surface area (Å²) < 4.78 is 23.1. The first kappa shape index (κ1) is 18.2. The highest BCUT2D eigenvalue weighted by molar-refractivity contribution is 7.90. The molecule has 1 aromatic rings. The van der Waals surface area contributed by atoms with Gasteiger partial charge in [0.25, 0.3) is 5.91 Å². The van der Waals surface area contributed by atoms with Gasteiger partial charge in [-0.05, 0) is 31.0 Å². The van der Waals surface area contributed by atoms with Gasteiger partial charge >= 0.3 is 5.97 Å². The Morgan fingerprint density at radius 2 is 1.95 bits per heavy atom. The Kier molecular flexibility index (Phi) is 6.11. The second-order valence-corrected chi connectivity index (χ2v) is 7.27. The van der Waals surface area contributed by atoms with E-state index >= 15 is 0 Å². The number of carboxylic acids is 1. The number of rotatable bonds is 7. The highest BCUT2D eigenvalue weighted by atomic mass is 32.2. The van der Waals surface area contributed by atoms with E-state index in [4.69, 9.17) is 5.11 Å². The molecule has 1 aromatic carbocycles. The Bertz CT molecular complexity index is 667. The van der Waals surface area contributed by atoms with Gasteiger partial charge in [0.1, 0.15) is 6.04 Å². The van der Waals surface area contributed by atoms with E-state index in [2.05, 4.69) is 5.32 Å². The van der Waals surface area contributed by atoms with Gasteiger partial charge in [-0.3, -0.25) is 4.79 Å². The van der Waals surface area contributed by atoms with Crippen molar-refractivity contribution in [2.45, 2.75) is 44.0 Å². The molecular weight excluding hydrogens is 306 g/mol. The Hall–Kier alpha value is -1.89. The maximum atomic E-state index is 12.3. The summed E-state index contributed by atoms with van der Waals surface area (Å²) in [6.45, 7) is 3.60. The van der Waals surface area contributed by atoms with Crippen molar-refractivity contribution in [1.82, 2.24) is 5.32 Å². The van der Waals surface area contributed by atoms with Crippen molar-refractivity contribution in [3.05, 3.63) is 29.3 Å². The standard InChI is InChI=1S/C15H21NO5S/c1-4-5-6-13(15(18)19)16-14(17)12-9-11(22(3,20)21)8-7-10(12)2/h7-9,13H,4-6H2,1-3H3,(H,16,17)(H,18,19)/t13-/m0/s1. The molecule has 1 rings (SSSR count). The van der Waals surface area contributed by atoms with Crippen LogP contribution in [0.15, 0.2) is 23.1 Å². The van der Waals surface area contributed by atoms with Crippen LogP contribution in [0.5, 0.6) is 0 Å². The second-order valence-electron chi connectivity index (χ2n) is 5.26. The normalized spacial score (nSPS) is 12.7. The molecule has 0 saturated carbocycles. The van der Waals surface area contributed by atoms with Gasteiger partial charge in [-0.25, -0.2) is 13.2 Å². The second kappa shape index (κ2) is 7.40. The van der Waals surface area contributed by atoms with Gasteiger partial charge in [-0.15, -0.1) is 0 Å². The largest absolute Gasteiger partial charge is 0.480 e. The van der Waals surface area contributed by atoms with Crippen LogP contribution in [-0.2, 0) is 14.6 Å². The van der Waals surface area contributed by atoms with Gasteiger partial charge in [0.05, 0.1) is 4.90 Å². The van der Waals surface area contributed by atoms with Crippen molar-refractivity contribution < 1.29 is 23.1 Å². The number of hydrogen-bond donors (Lipinski definition) is 2. The van der Waals surface area contributed by atoms with Crippen LogP contribution >= 0.6 is 0 Å². The van der Waals surface area contributed by atoms with Crippen LogP contribution in [0.1, 0.15) is 42.1 Å². The number of nitrogens with one attached hydrogen (secondary N) is 1. The molecule has 0 radical (unpaired) electrons. The fourth-order valence-corrected chi connectivity index (χ4v) is 2.63. The predicted molar refractivity (Wildman–Crippen MR) is 82.7 cm³/mol. The van der Waals surface area contributed by atoms with Gasteiger partial charge in [-0.2, -0.15) is 0 Å². The summed E-state index contributed by atoms with van der Waals surface area (Å²) in [5.74, 6) is -1.68. The zero-order chi connectivity index (χ0) is 16.9. The fourth-order valence-electron chi connectivity index (χ4n) is 1.98. The van der Waals surface area contributed by atoms with E-state index in [-0.39, 0.29) is 10.5 Å². The topological polar surface area (TPSA) is 101 Å². The number of unbranched alkanes of at least 4 members (excludes halogenated alkanes) is 1. The Labute approximate surface area is 130 Å². The van der Waals surface area contributed by atoms with E-state index in [1.807, 2.05) is 6.92 Å². The van der Waals surface area contributed by atoms with Gasteiger partial charge in [0.2, 0.25) is 0 Å². The van der Waals surface area contributed by atoms with E-state index in [9.17, 15) is 18.0 Å². The summed E-state index contributed by atoms with van der Waals surface area (Å²) in [6.07, 6.45) is 2.89. The Morgan fingerprint density at radius 1 is 1.32 bits per heavy atom. The van der Waals surface area contributed by atoms with Crippen LogP contribution < -0.4 is 5.32 Å². The molecule has 22 heavy (non-hydrogen) atoms. The lowest BCUT2D eigenvalue weighted by Crippen LogP contribution is -2.41. The first-order valence-corrected chi connectivity index (χ1v) is 8.90. The lowest BCUT2D eigenvalue weighted by atomic mass is 10.1. The van der Waals surface area contributed by atoms with Crippen LogP contribution in [0, 0.1) is 6.92 Å². The molecule has 0 bridgehead atoms. The average Bonchev–Trinajstić information content (AvgIpc) is 2.42. The molecule has 2 N–H and O–H groups in total. The minimum Gasteiger partial charge on any atom is -0.480 e. The maximum Gasteiger partial charge on any atom is 0.326 e. The molecule has 0 aromatic heterocycles. The molecule has 122 valence electrons. The zero-order valence-corrected chi connectivity index (χ0v) is 13.7. The molecule has 7 heteroatoms. The molecule has 1 atom stereocenters. The first-order valence-electron chi connectivity index (χ1n) is 7.01. The molecular formula is C15H21NO5S. The number of carboxylic acid groups (broad SMARTS) is 1. The minimum atomic E-state index is -3.43. The van der Waals surface area contributed by atoms with Gasteiger partial charge in [-0.1, -0.05) is 25.8 Å². The number of carbonyl (C=O) groups excluding carboxylic acids is 1. The maximum absolute atomic E-state index is 12.3. The average molecular weight is 327 g/mol. The molecule has 0 spiro atoms. The molecule has 0 heterocycles. The molecule has 6 nitrogen and oxygen atoms in total. The summed E-state index contributed by atoms with van der Waals surface area (Å²) in [4.78, 5) is 23.5. The van der Waals surface area contributed by atoms with Crippen LogP contribution in [0.4, 0.5) is 0 Å². The monoisotopic (exact) mass is 327 g/mol. The van der Waals surface area contributed by atoms with E-state index < -0.39 is 27.8 Å². The summed E-state index contributed by atoms with van der Waals surface area (Å²) in [5, 5.41) is 11.6. The number of aryl methyl sites for hydroxylation is 1. The predicted octanol–water partition coefficient (Wildman–Crippen LogP) is 1.77. The molecule has 0 aliphatic rings. The Balaban J connectivity index is 3.04. The fraction of sp³-hybridized carbons (Fsp3) is 0.467. The first-order chi connectivity index (χ1) is 10.2. The van der Waals surface area contributed by atoms with E-state index in [1.54, 1.807) is 6.92 Å². The van der Waals surface area contributed by atoms with Gasteiger partial charge < -0.3 is 10.4 Å². The van der Waals surface area contributed by atoms with E-state index in [1.165, 1.54) is 18.2 Å². The third-order valence-electron chi connectivity index (χ3n) is 3.33. The molecule has 1 amide bonds. The van der Waals surface area contributed by atoms with Crippen LogP contribution in [0.25, 0.3) is 0 Å². The zero-order valence-electron chi connectivity index (χ0n) is 12.9. The van der Waals surface area contributed by atoms with Crippen LogP contribution in [0.3, 0.4) is 0 Å². The van der Waals surface area contributed by atoms with E-state index in [0.717, 1.165) is 12.7 Å². The lowest BCUT2D eigenvalue weighted by molar-refractivity contribution is -0.139. The van der Waals surface area contributed by atoms with Gasteiger partial charge in [0.15, 0.2) is 9.84 Å². The number of benzene rings is 1. The number of hydrogen-bond acceptors (Lipinski definition) is 4. The molecule has 0 aliphatic heterocycles. The van der Waals surface area contributed by atoms with Crippen molar-refractivity contribution in [3.8, 4) is 0 Å². The SMILES string of the molecule is CCCC[C@H](NC(=O)c1cc(S(C)(=O)=O)ccc1C)C(=O)O. The van der Waals surface area contributed by atoms with E-state index in [0.29, 0.717) is 18.4 Å². The summed E-state index contributed by atoms with van der Waals surface area (Å²) >= 11 is 0. The van der Waals surface area contributed by atoms with Crippen molar-refractivity contribution in [2.75, 3.05) is 6.26 Å². The Morgan fingerprint density at radius 3 is 2.45 bits per heavy atom. The lowest BCUT2D eigenvalue weighted by Gasteiger charge is -2.15. The quantitative estimate of drug-likeness (QED) is 0.795. The number of amides is 1. The summed E-state index contributed by atoms with van der Waals surface area (Å²) in [6, 6.07) is 3.26. The smallest absolute Gasteiger partial charge is 0.326 e. The minimum absolute atomic E-state index is 0.0312. The number of sulfone groups is 1.